The van der Waals surface area contributed by atoms with E-state index in [1.807, 2.05) is 0 Å². The van der Waals surface area contributed by atoms with Gasteiger partial charge in [-0.05, 0) is 37.1 Å². The Bertz CT molecular complexity index is 436. The molecule has 2 rings (SSSR count). The number of hydrogen-bond acceptors (Lipinski definition) is 2. The van der Waals surface area contributed by atoms with Crippen molar-refractivity contribution in [2.24, 2.45) is 5.73 Å². The van der Waals surface area contributed by atoms with E-state index in [4.69, 9.17) is 5.73 Å². The number of rotatable bonds is 5. The lowest BCUT2D eigenvalue weighted by Crippen LogP contribution is -2.38. The molecule has 0 aromatic heterocycles. The zero-order valence-electron chi connectivity index (χ0n) is 12.4. The smallest absolute Gasteiger partial charge is 0.323 e. The normalized spacial score (nSPS) is 18.4. The van der Waals surface area contributed by atoms with Gasteiger partial charge in [0.15, 0.2) is 0 Å². The fraction of sp³-hybridized carbons (Fsp3) is 0.625. The first-order valence-electron chi connectivity index (χ1n) is 7.58. The first-order valence-corrected chi connectivity index (χ1v) is 7.58. The molecule has 1 aromatic rings. The highest BCUT2D eigenvalue weighted by atomic mass is 19.4. The molecule has 5 heteroatoms. The van der Waals surface area contributed by atoms with E-state index in [9.17, 15) is 13.2 Å². The molecule has 0 spiro atoms. The molecule has 1 saturated carbocycles. The highest BCUT2D eigenvalue weighted by molar-refractivity contribution is 5.26. The molecule has 0 radical (unpaired) electrons. The average Bonchev–Trinajstić information content (AvgIpc) is 2.97. The molecule has 1 aliphatic carbocycles. The quantitative estimate of drug-likeness (QED) is 0.891. The van der Waals surface area contributed by atoms with Crippen LogP contribution in [0.4, 0.5) is 13.2 Å². The molecule has 0 aliphatic heterocycles. The van der Waals surface area contributed by atoms with Crippen LogP contribution in [0.1, 0.15) is 49.8 Å². The first kappa shape index (κ1) is 16.3. The summed E-state index contributed by atoms with van der Waals surface area (Å²) in [5.41, 5.74) is 6.32. The van der Waals surface area contributed by atoms with Gasteiger partial charge in [0, 0.05) is 18.6 Å². The Kier molecular flexibility index (Phi) is 5.27. The molecular weight excluding hydrogens is 277 g/mol. The number of likely N-dealkylation sites (N-methyl/N-ethyl adjacent to an activating group) is 1. The zero-order chi connectivity index (χ0) is 15.5. The molecule has 0 saturated heterocycles. The molecule has 1 aromatic carbocycles. The standard InChI is InChI=1S/C16H23F3N2/c1-2-21(14-5-3-4-6-14)11-15(20)12-7-9-13(10-8-12)16(17,18)19/h7-10,14-15H,2-6,11,20H2,1H3. The van der Waals surface area contributed by atoms with Gasteiger partial charge in [0.05, 0.1) is 5.56 Å². The lowest BCUT2D eigenvalue weighted by molar-refractivity contribution is -0.137. The maximum atomic E-state index is 12.6. The highest BCUT2D eigenvalue weighted by Gasteiger charge is 2.30. The van der Waals surface area contributed by atoms with Crippen LogP contribution in [0, 0.1) is 0 Å². The summed E-state index contributed by atoms with van der Waals surface area (Å²) in [5, 5.41) is 0. The Morgan fingerprint density at radius 2 is 1.76 bits per heavy atom. The van der Waals surface area contributed by atoms with E-state index < -0.39 is 11.7 Å². The third-order valence-electron chi connectivity index (χ3n) is 4.34. The van der Waals surface area contributed by atoms with Crippen molar-refractivity contribution in [1.29, 1.82) is 0 Å². The number of hydrogen-bond donors (Lipinski definition) is 1. The second-order valence-electron chi connectivity index (χ2n) is 5.75. The third kappa shape index (κ3) is 4.20. The summed E-state index contributed by atoms with van der Waals surface area (Å²) in [6, 6.07) is 5.55. The van der Waals surface area contributed by atoms with Crippen molar-refractivity contribution in [3.8, 4) is 0 Å². The van der Waals surface area contributed by atoms with Crippen LogP contribution >= 0.6 is 0 Å². The predicted octanol–water partition coefficient (Wildman–Crippen LogP) is 3.97. The summed E-state index contributed by atoms with van der Waals surface area (Å²) in [5.74, 6) is 0. The Hall–Kier alpha value is -1.07. The Morgan fingerprint density at radius 3 is 2.24 bits per heavy atom. The van der Waals surface area contributed by atoms with Gasteiger partial charge in [-0.3, -0.25) is 4.90 Å². The summed E-state index contributed by atoms with van der Waals surface area (Å²) in [6.45, 7) is 3.74. The molecule has 0 bridgehead atoms. The summed E-state index contributed by atoms with van der Waals surface area (Å²) < 4.78 is 37.7. The number of nitrogens with two attached hydrogens (primary N) is 1. The fourth-order valence-electron chi connectivity index (χ4n) is 3.08. The minimum atomic E-state index is -4.29. The maximum absolute atomic E-state index is 12.6. The van der Waals surface area contributed by atoms with E-state index in [-0.39, 0.29) is 6.04 Å². The van der Waals surface area contributed by atoms with E-state index in [1.165, 1.54) is 37.8 Å². The Balaban J connectivity index is 2.00. The largest absolute Gasteiger partial charge is 0.416 e. The molecular formula is C16H23F3N2. The molecule has 1 fully saturated rings. The summed E-state index contributed by atoms with van der Waals surface area (Å²) >= 11 is 0. The van der Waals surface area contributed by atoms with Crippen molar-refractivity contribution < 1.29 is 13.2 Å². The minimum Gasteiger partial charge on any atom is -0.323 e. The van der Waals surface area contributed by atoms with Gasteiger partial charge < -0.3 is 5.73 Å². The van der Waals surface area contributed by atoms with Gasteiger partial charge in [0.1, 0.15) is 0 Å². The second-order valence-corrected chi connectivity index (χ2v) is 5.75. The number of nitrogens with zero attached hydrogens (tertiary/aromatic N) is 1. The Labute approximate surface area is 124 Å². The van der Waals surface area contributed by atoms with Crippen LogP contribution in [-0.2, 0) is 6.18 Å². The van der Waals surface area contributed by atoms with E-state index in [2.05, 4.69) is 11.8 Å². The van der Waals surface area contributed by atoms with Crippen LogP contribution in [0.15, 0.2) is 24.3 Å². The monoisotopic (exact) mass is 300 g/mol. The van der Waals surface area contributed by atoms with Gasteiger partial charge in [0.2, 0.25) is 0 Å². The van der Waals surface area contributed by atoms with Crippen molar-refractivity contribution in [3.63, 3.8) is 0 Å². The van der Waals surface area contributed by atoms with Crippen LogP contribution < -0.4 is 5.73 Å². The fourth-order valence-corrected chi connectivity index (χ4v) is 3.08. The van der Waals surface area contributed by atoms with Crippen LogP contribution in [0.25, 0.3) is 0 Å². The van der Waals surface area contributed by atoms with E-state index in [0.29, 0.717) is 12.6 Å². The van der Waals surface area contributed by atoms with Gasteiger partial charge in [0.25, 0.3) is 0 Å². The summed E-state index contributed by atoms with van der Waals surface area (Å²) in [4.78, 5) is 2.36. The third-order valence-corrected chi connectivity index (χ3v) is 4.34. The molecule has 1 unspecified atom stereocenters. The molecule has 118 valence electrons. The second kappa shape index (κ2) is 6.79. The van der Waals surface area contributed by atoms with Gasteiger partial charge >= 0.3 is 6.18 Å². The van der Waals surface area contributed by atoms with E-state index in [1.54, 1.807) is 0 Å². The van der Waals surface area contributed by atoms with Crippen LogP contribution in [0.2, 0.25) is 0 Å². The van der Waals surface area contributed by atoms with Gasteiger partial charge in [-0.2, -0.15) is 13.2 Å². The van der Waals surface area contributed by atoms with Gasteiger partial charge in [-0.1, -0.05) is 31.9 Å². The first-order chi connectivity index (χ1) is 9.91. The van der Waals surface area contributed by atoms with E-state index in [0.717, 1.165) is 24.2 Å². The summed E-state index contributed by atoms with van der Waals surface area (Å²) in [7, 11) is 0. The number of alkyl halides is 3. The zero-order valence-corrected chi connectivity index (χ0v) is 12.4. The maximum Gasteiger partial charge on any atom is 0.416 e. The van der Waals surface area contributed by atoms with Crippen molar-refractivity contribution in [3.05, 3.63) is 35.4 Å². The predicted molar refractivity (Wildman–Crippen MR) is 77.9 cm³/mol. The molecule has 21 heavy (non-hydrogen) atoms. The van der Waals surface area contributed by atoms with Crippen LogP contribution in [0.3, 0.4) is 0 Å². The van der Waals surface area contributed by atoms with Gasteiger partial charge in [-0.25, -0.2) is 0 Å². The number of benzene rings is 1. The SMILES string of the molecule is CCN(CC(N)c1ccc(C(F)(F)F)cc1)C1CCCC1. The highest BCUT2D eigenvalue weighted by Crippen LogP contribution is 2.30. The molecule has 1 aliphatic rings. The molecule has 0 amide bonds. The van der Waals surface area contributed by atoms with Crippen LogP contribution in [-0.4, -0.2) is 24.0 Å². The van der Waals surface area contributed by atoms with Crippen LogP contribution in [0.5, 0.6) is 0 Å². The van der Waals surface area contributed by atoms with Crippen molar-refractivity contribution >= 4 is 0 Å². The molecule has 2 N–H and O–H groups in total. The molecule has 0 heterocycles. The van der Waals surface area contributed by atoms with Crippen molar-refractivity contribution in [2.45, 2.75) is 50.9 Å². The van der Waals surface area contributed by atoms with Crippen molar-refractivity contribution in [1.82, 2.24) is 4.90 Å². The Morgan fingerprint density at radius 1 is 1.19 bits per heavy atom. The van der Waals surface area contributed by atoms with Crippen molar-refractivity contribution in [2.75, 3.05) is 13.1 Å². The molecule has 2 nitrogen and oxygen atoms in total. The van der Waals surface area contributed by atoms with E-state index >= 15 is 0 Å². The summed E-state index contributed by atoms with van der Waals surface area (Å²) in [6.07, 6.45) is 0.635. The van der Waals surface area contributed by atoms with Gasteiger partial charge in [-0.15, -0.1) is 0 Å². The lowest BCUT2D eigenvalue weighted by atomic mass is 10.0. The lowest BCUT2D eigenvalue weighted by Gasteiger charge is -2.30. The molecule has 1 atom stereocenters. The topological polar surface area (TPSA) is 29.3 Å². The minimum absolute atomic E-state index is 0.243. The number of halogens is 3. The average molecular weight is 300 g/mol.